The second-order valence-corrected chi connectivity index (χ2v) is 6.29. The lowest BCUT2D eigenvalue weighted by molar-refractivity contribution is -0.192. The van der Waals surface area contributed by atoms with E-state index in [2.05, 4.69) is 15.2 Å². The van der Waals surface area contributed by atoms with Crippen LogP contribution in [0.2, 0.25) is 0 Å². The summed E-state index contributed by atoms with van der Waals surface area (Å²) in [6.07, 6.45) is -1.01. The smallest absolute Gasteiger partial charge is 0.490 e. The van der Waals surface area contributed by atoms with E-state index in [1.807, 2.05) is 24.3 Å². The zero-order chi connectivity index (χ0) is 22.1. The molecule has 1 aliphatic heterocycles. The first-order valence-electron chi connectivity index (χ1n) is 8.47. The number of nitrogens with one attached hydrogen (secondary N) is 1. The highest BCUT2D eigenvalue weighted by Gasteiger charge is 2.38. The molecule has 0 fully saturated rings. The number of aromatic nitrogens is 4. The van der Waals surface area contributed by atoms with Crippen LogP contribution in [-0.2, 0) is 11.2 Å². The predicted octanol–water partition coefficient (Wildman–Crippen LogP) is 1.82. The Morgan fingerprint density at radius 2 is 2.00 bits per heavy atom. The first kappa shape index (κ1) is 21.0. The van der Waals surface area contributed by atoms with Crippen LogP contribution in [0.3, 0.4) is 0 Å². The number of carboxylic acid groups (broad SMARTS) is 1. The number of halogens is 3. The number of alkyl halides is 3. The Balaban J connectivity index is 0.000000318. The zero-order valence-corrected chi connectivity index (χ0v) is 15.5. The Hall–Kier alpha value is -3.67. The van der Waals surface area contributed by atoms with Crippen molar-refractivity contribution in [3.63, 3.8) is 0 Å². The van der Waals surface area contributed by atoms with E-state index in [4.69, 9.17) is 20.4 Å². The number of hydrogen-bond donors (Lipinski definition) is 3. The molecular formula is C18H16F3N5O4. The van der Waals surface area contributed by atoms with Crippen molar-refractivity contribution in [2.75, 3.05) is 7.11 Å². The maximum Gasteiger partial charge on any atom is 0.490 e. The van der Waals surface area contributed by atoms with Gasteiger partial charge in [0.15, 0.2) is 5.82 Å². The Labute approximate surface area is 166 Å². The number of carbonyl (C=O) groups is 1. The number of carboxylic acids is 1. The number of nitrogens with two attached hydrogens (primary N) is 1. The molecule has 3 heterocycles. The van der Waals surface area contributed by atoms with Crippen LogP contribution in [0.4, 0.5) is 13.2 Å². The largest absolute Gasteiger partial charge is 0.495 e. The normalized spacial score (nSPS) is 14.8. The van der Waals surface area contributed by atoms with Crippen LogP contribution in [-0.4, -0.2) is 44.1 Å². The summed E-state index contributed by atoms with van der Waals surface area (Å²) in [7, 11) is 1.61. The van der Waals surface area contributed by atoms with E-state index in [1.54, 1.807) is 19.5 Å². The summed E-state index contributed by atoms with van der Waals surface area (Å²) in [5, 5.41) is 13.6. The van der Waals surface area contributed by atoms with Gasteiger partial charge in [0.1, 0.15) is 5.75 Å². The Morgan fingerprint density at radius 3 is 2.63 bits per heavy atom. The number of pyridine rings is 1. The molecule has 2 aromatic heterocycles. The van der Waals surface area contributed by atoms with Crippen molar-refractivity contribution in [1.82, 2.24) is 19.7 Å². The second-order valence-electron chi connectivity index (χ2n) is 6.29. The van der Waals surface area contributed by atoms with Crippen LogP contribution in [0.1, 0.15) is 17.4 Å². The minimum Gasteiger partial charge on any atom is -0.495 e. The van der Waals surface area contributed by atoms with Gasteiger partial charge in [-0.25, -0.2) is 19.3 Å². The molecule has 30 heavy (non-hydrogen) atoms. The van der Waals surface area contributed by atoms with E-state index in [0.717, 1.165) is 22.4 Å². The highest BCUT2D eigenvalue weighted by molar-refractivity contribution is 5.73. The fourth-order valence-electron chi connectivity index (χ4n) is 2.95. The lowest BCUT2D eigenvalue weighted by Crippen LogP contribution is -2.28. The van der Waals surface area contributed by atoms with Crippen LogP contribution < -0.4 is 16.2 Å². The molecule has 3 aromatic rings. The van der Waals surface area contributed by atoms with Gasteiger partial charge < -0.3 is 15.6 Å². The average Bonchev–Trinajstić information content (AvgIpc) is 3.10. The third-order valence-corrected chi connectivity index (χ3v) is 4.31. The van der Waals surface area contributed by atoms with Crippen LogP contribution in [0.25, 0.3) is 16.8 Å². The summed E-state index contributed by atoms with van der Waals surface area (Å²) in [6, 6.07) is 7.52. The summed E-state index contributed by atoms with van der Waals surface area (Å²) in [5.74, 6) is -1.49. The van der Waals surface area contributed by atoms with Crippen molar-refractivity contribution < 1.29 is 27.8 Å². The zero-order valence-electron chi connectivity index (χ0n) is 15.5. The summed E-state index contributed by atoms with van der Waals surface area (Å²) in [6.45, 7) is 0. The highest BCUT2D eigenvalue weighted by atomic mass is 19.4. The van der Waals surface area contributed by atoms with Gasteiger partial charge >= 0.3 is 17.8 Å². The van der Waals surface area contributed by atoms with Crippen LogP contribution in [0, 0.1) is 0 Å². The molecule has 1 aromatic carbocycles. The van der Waals surface area contributed by atoms with Crippen molar-refractivity contribution in [3.8, 4) is 22.6 Å². The second kappa shape index (κ2) is 7.99. The molecular weight excluding hydrogens is 407 g/mol. The Morgan fingerprint density at radius 1 is 1.30 bits per heavy atom. The number of methoxy groups -OCH3 is 1. The lowest BCUT2D eigenvalue weighted by Gasteiger charge is -2.22. The van der Waals surface area contributed by atoms with E-state index in [-0.39, 0.29) is 11.7 Å². The Kier molecular flexibility index (Phi) is 5.60. The van der Waals surface area contributed by atoms with Crippen LogP contribution in [0.5, 0.6) is 5.75 Å². The lowest BCUT2D eigenvalue weighted by atomic mass is 9.95. The van der Waals surface area contributed by atoms with E-state index >= 15 is 0 Å². The molecule has 4 N–H and O–H groups in total. The molecule has 0 radical (unpaired) electrons. The van der Waals surface area contributed by atoms with Gasteiger partial charge in [-0.1, -0.05) is 6.07 Å². The molecule has 158 valence electrons. The van der Waals surface area contributed by atoms with Gasteiger partial charge in [-0.3, -0.25) is 4.98 Å². The quantitative estimate of drug-likeness (QED) is 0.572. The van der Waals surface area contributed by atoms with Crippen LogP contribution >= 0.6 is 0 Å². The average molecular weight is 423 g/mol. The Bertz CT molecular complexity index is 1140. The fraction of sp³-hybridized carbons (Fsp3) is 0.222. The van der Waals surface area contributed by atoms with Gasteiger partial charge in [0.25, 0.3) is 0 Å². The third kappa shape index (κ3) is 4.17. The summed E-state index contributed by atoms with van der Waals surface area (Å²) < 4.78 is 38.5. The molecule has 0 saturated heterocycles. The van der Waals surface area contributed by atoms with Gasteiger partial charge in [0, 0.05) is 11.8 Å². The van der Waals surface area contributed by atoms with Gasteiger partial charge in [-0.15, -0.1) is 0 Å². The molecule has 1 atom stereocenters. The molecule has 0 bridgehead atoms. The molecule has 12 heteroatoms. The van der Waals surface area contributed by atoms with Crippen LogP contribution in [0.15, 0.2) is 41.5 Å². The minimum atomic E-state index is -5.08. The van der Waals surface area contributed by atoms with Crippen molar-refractivity contribution in [1.29, 1.82) is 0 Å². The summed E-state index contributed by atoms with van der Waals surface area (Å²) >= 11 is 0. The van der Waals surface area contributed by atoms with Gasteiger partial charge in [-0.2, -0.15) is 18.3 Å². The molecule has 0 aliphatic carbocycles. The highest BCUT2D eigenvalue weighted by Crippen LogP contribution is 2.31. The topological polar surface area (TPSA) is 136 Å². The maximum absolute atomic E-state index is 12.0. The van der Waals surface area contributed by atoms with E-state index in [1.165, 1.54) is 4.57 Å². The number of benzene rings is 1. The molecule has 0 amide bonds. The first-order valence-corrected chi connectivity index (χ1v) is 8.47. The number of fused-ring (bicyclic) bond motifs is 3. The van der Waals surface area contributed by atoms with E-state index in [9.17, 15) is 18.0 Å². The van der Waals surface area contributed by atoms with Crippen molar-refractivity contribution in [3.05, 3.63) is 58.5 Å². The number of H-pyrrole nitrogens is 1. The number of hydrogen-bond acceptors (Lipinski definition) is 6. The minimum absolute atomic E-state index is 0.271. The number of ether oxygens (including phenoxy) is 1. The van der Waals surface area contributed by atoms with Gasteiger partial charge in [0.2, 0.25) is 0 Å². The molecule has 0 saturated carbocycles. The molecule has 1 unspecified atom stereocenters. The van der Waals surface area contributed by atoms with Crippen molar-refractivity contribution in [2.24, 2.45) is 5.73 Å². The number of nitrogens with zero attached hydrogens (tertiary/aromatic N) is 3. The van der Waals surface area contributed by atoms with Gasteiger partial charge in [0.05, 0.1) is 25.0 Å². The fourth-order valence-corrected chi connectivity index (χ4v) is 2.95. The molecule has 1 aliphatic rings. The number of aromatic amines is 1. The third-order valence-electron chi connectivity index (χ3n) is 4.31. The van der Waals surface area contributed by atoms with E-state index < -0.39 is 12.1 Å². The number of rotatable bonds is 2. The number of aliphatic carboxylic acids is 1. The molecule has 0 spiro atoms. The van der Waals surface area contributed by atoms with Crippen molar-refractivity contribution in [2.45, 2.75) is 18.6 Å². The first-order chi connectivity index (χ1) is 14.1. The van der Waals surface area contributed by atoms with Gasteiger partial charge in [-0.05, 0) is 35.7 Å². The standard InChI is InChI=1S/C16H15N5O2.C2HF3O2/c1-23-12-5-11(7-18-8-12)9-2-3-14-10(4-9)6-13(17)15-19-20-16(22)21(14)15;3-2(4,5)1(6)7/h2-5,7-8,13H,6,17H2,1H3,(H,20,22);(H,6,7). The van der Waals surface area contributed by atoms with E-state index in [0.29, 0.717) is 18.0 Å². The monoisotopic (exact) mass is 423 g/mol. The van der Waals surface area contributed by atoms with Crippen molar-refractivity contribution >= 4 is 5.97 Å². The molecule has 9 nitrogen and oxygen atoms in total. The predicted molar refractivity (Wildman–Crippen MR) is 98.3 cm³/mol. The summed E-state index contributed by atoms with van der Waals surface area (Å²) in [5.41, 5.74) is 9.64. The maximum atomic E-state index is 12.0. The summed E-state index contributed by atoms with van der Waals surface area (Å²) in [4.78, 5) is 25.0. The SMILES string of the molecule is COc1cncc(-c2ccc3c(c2)CC(N)c2n[nH]c(=O)n2-3)c1.O=C(O)C(F)(F)F. The molecule has 4 rings (SSSR count).